The largest absolute Gasteiger partial charge is 0.383 e. The van der Waals surface area contributed by atoms with E-state index in [1.165, 1.54) is 33.5 Å². The summed E-state index contributed by atoms with van der Waals surface area (Å²) in [7, 11) is 0. The van der Waals surface area contributed by atoms with Gasteiger partial charge in [0.2, 0.25) is 0 Å². The van der Waals surface area contributed by atoms with Gasteiger partial charge >= 0.3 is 0 Å². The predicted octanol–water partition coefficient (Wildman–Crippen LogP) is 10.2. The Balaban J connectivity index is 0.000000214. The van der Waals surface area contributed by atoms with E-state index >= 15 is 0 Å². The van der Waals surface area contributed by atoms with Crippen molar-refractivity contribution in [3.63, 3.8) is 0 Å². The summed E-state index contributed by atoms with van der Waals surface area (Å²) in [6, 6.07) is 10.4. The van der Waals surface area contributed by atoms with Gasteiger partial charge < -0.3 is 10.2 Å². The van der Waals surface area contributed by atoms with Crippen molar-refractivity contribution in [2.45, 2.75) is 103 Å². The summed E-state index contributed by atoms with van der Waals surface area (Å²) in [6.45, 7) is 7.02. The minimum Gasteiger partial charge on any atom is -0.383 e. The number of benzene rings is 2. The zero-order valence-corrected chi connectivity index (χ0v) is 34.2. The molecule has 8 nitrogen and oxygen atoms in total. The summed E-state index contributed by atoms with van der Waals surface area (Å²) >= 11 is 5.77. The minimum absolute atomic E-state index is 0. The van der Waals surface area contributed by atoms with Crippen LogP contribution >= 0.6 is 46.2 Å². The van der Waals surface area contributed by atoms with Crippen molar-refractivity contribution in [2.24, 2.45) is 22.0 Å². The van der Waals surface area contributed by atoms with E-state index in [2.05, 4.69) is 10.2 Å². The topological polar surface area (TPSA) is 106 Å². The van der Waals surface area contributed by atoms with Gasteiger partial charge in [0.05, 0.1) is 0 Å². The van der Waals surface area contributed by atoms with E-state index in [1.54, 1.807) is 50.4 Å². The van der Waals surface area contributed by atoms with Gasteiger partial charge in [-0.15, -0.1) is 22.7 Å². The minimum atomic E-state index is -1.22. The van der Waals surface area contributed by atoms with Crippen LogP contribution in [0.4, 0.5) is 17.6 Å². The lowest BCUT2D eigenvalue weighted by Crippen LogP contribution is -2.48. The molecular formula is C42H48F4N4O4S4. The Morgan fingerprint density at radius 3 is 1.40 bits per heavy atom. The van der Waals surface area contributed by atoms with Gasteiger partial charge in [-0.25, -0.2) is 27.6 Å². The molecule has 0 saturated carbocycles. The molecule has 4 heterocycles. The highest BCUT2D eigenvalue weighted by atomic mass is 32.2. The maximum absolute atomic E-state index is 14.4. The summed E-state index contributed by atoms with van der Waals surface area (Å²) in [6.07, 6.45) is 2.32. The smallest absolute Gasteiger partial charge is 0.273 e. The molecule has 2 unspecified atom stereocenters. The molecule has 8 rings (SSSR count). The van der Waals surface area contributed by atoms with Crippen molar-refractivity contribution in [3.05, 3.63) is 115 Å². The Kier molecular flexibility index (Phi) is 14.1. The summed E-state index contributed by atoms with van der Waals surface area (Å²) in [5.74, 6) is -3.94. The Bertz CT molecular complexity index is 2070. The highest BCUT2D eigenvalue weighted by molar-refractivity contribution is 8.15. The molecule has 2 aliphatic heterocycles. The monoisotopic (exact) mass is 876 g/mol. The predicted molar refractivity (Wildman–Crippen MR) is 228 cm³/mol. The summed E-state index contributed by atoms with van der Waals surface area (Å²) < 4.78 is 56.4. The summed E-state index contributed by atoms with van der Waals surface area (Å²) in [4.78, 5) is 26.9. The molecule has 0 radical (unpaired) electrons. The number of aliphatic hydroxyl groups is 2. The molecule has 2 aliphatic carbocycles. The Hall–Kier alpha value is -3.54. The van der Waals surface area contributed by atoms with E-state index in [-0.39, 0.29) is 47.9 Å². The van der Waals surface area contributed by atoms with Crippen LogP contribution in [0.1, 0.15) is 100 Å². The van der Waals surface area contributed by atoms with Crippen LogP contribution in [0.3, 0.4) is 0 Å². The fourth-order valence-corrected chi connectivity index (χ4v) is 12.3. The van der Waals surface area contributed by atoms with Gasteiger partial charge in [0, 0.05) is 32.0 Å². The number of hydrazone groups is 2. The fourth-order valence-electron chi connectivity index (χ4n) is 7.27. The lowest BCUT2D eigenvalue weighted by Gasteiger charge is -2.39. The van der Waals surface area contributed by atoms with E-state index < -0.39 is 57.0 Å². The van der Waals surface area contributed by atoms with Gasteiger partial charge in [0.25, 0.3) is 11.8 Å². The number of amides is 2. The fraction of sp³-hybridized carbons (Fsp3) is 0.429. The Morgan fingerprint density at radius 2 is 1.03 bits per heavy atom. The number of rotatable bonds is 6. The molecule has 58 heavy (non-hydrogen) atoms. The molecule has 2 amide bonds. The number of halogens is 4. The second kappa shape index (κ2) is 18.0. The number of aliphatic hydroxyl groups excluding tert-OH is 2. The van der Waals surface area contributed by atoms with Crippen molar-refractivity contribution in [1.29, 1.82) is 0 Å². The third-order valence-corrected chi connectivity index (χ3v) is 15.1. The highest BCUT2D eigenvalue weighted by Crippen LogP contribution is 2.56. The van der Waals surface area contributed by atoms with Gasteiger partial charge in [-0.1, -0.05) is 66.1 Å². The van der Waals surface area contributed by atoms with Gasteiger partial charge in [-0.2, -0.15) is 10.2 Å². The first-order valence-corrected chi connectivity index (χ1v) is 21.7. The quantitative estimate of drug-likeness (QED) is 0.187. The van der Waals surface area contributed by atoms with Crippen LogP contribution in [0, 0.1) is 35.1 Å². The summed E-state index contributed by atoms with van der Waals surface area (Å²) in [5, 5.41) is 36.8. The number of thioether (sulfide) groups is 2. The highest BCUT2D eigenvalue weighted by Gasteiger charge is 2.54. The van der Waals surface area contributed by atoms with Crippen LogP contribution in [-0.2, 0) is 32.2 Å². The average Bonchev–Trinajstić information content (AvgIpc) is 3.99. The van der Waals surface area contributed by atoms with Crippen LogP contribution in [0.15, 0.2) is 69.5 Å². The van der Waals surface area contributed by atoms with Crippen LogP contribution in [-0.4, -0.2) is 54.3 Å². The van der Waals surface area contributed by atoms with Crippen LogP contribution < -0.4 is 0 Å². The van der Waals surface area contributed by atoms with E-state index in [4.69, 9.17) is 0 Å². The molecule has 4 aromatic rings. The van der Waals surface area contributed by atoms with Crippen molar-refractivity contribution in [2.75, 3.05) is 0 Å². The van der Waals surface area contributed by atoms with E-state index in [0.29, 0.717) is 12.8 Å². The second-order valence-corrected chi connectivity index (χ2v) is 19.3. The SMILES string of the molecule is C.C.CC(C)[C@@H](O)C(=O)N1N=C(c2cc(F)ccc2F)SC12CCCc1sccc12.CC(C)[C@H](O)C(=O)N1N=C(c2cc(F)ccc2F)SC12CCCc1sccc12. The van der Waals surface area contributed by atoms with Gasteiger partial charge in [0.1, 0.15) is 55.3 Å². The molecule has 2 aromatic heterocycles. The van der Waals surface area contributed by atoms with Gasteiger partial charge in [-0.05, 0) is 110 Å². The van der Waals surface area contributed by atoms with E-state index in [9.17, 15) is 37.4 Å². The first-order valence-electron chi connectivity index (χ1n) is 18.3. The zero-order chi connectivity index (χ0) is 40.1. The van der Waals surface area contributed by atoms with E-state index in [0.717, 1.165) is 83.0 Å². The van der Waals surface area contributed by atoms with Crippen molar-refractivity contribution >= 4 is 68.1 Å². The van der Waals surface area contributed by atoms with Gasteiger partial charge in [0.15, 0.2) is 0 Å². The van der Waals surface area contributed by atoms with Crippen LogP contribution in [0.5, 0.6) is 0 Å². The lowest BCUT2D eigenvalue weighted by molar-refractivity contribution is -0.147. The zero-order valence-electron chi connectivity index (χ0n) is 31.0. The van der Waals surface area contributed by atoms with Crippen molar-refractivity contribution in [3.8, 4) is 0 Å². The van der Waals surface area contributed by atoms with Crippen molar-refractivity contribution in [1.82, 2.24) is 10.0 Å². The molecule has 0 fully saturated rings. The maximum Gasteiger partial charge on any atom is 0.273 e. The maximum atomic E-state index is 14.4. The third-order valence-electron chi connectivity index (χ3n) is 10.3. The molecule has 2 aromatic carbocycles. The number of nitrogens with zero attached hydrogens (tertiary/aromatic N) is 4. The molecule has 4 atom stereocenters. The number of aryl methyl sites for hydroxylation is 2. The molecule has 312 valence electrons. The third kappa shape index (κ3) is 8.16. The number of hydrogen-bond acceptors (Lipinski definition) is 10. The molecule has 0 saturated heterocycles. The lowest BCUT2D eigenvalue weighted by atomic mass is 9.92. The second-order valence-electron chi connectivity index (χ2n) is 14.7. The Morgan fingerprint density at radius 1 is 0.655 bits per heavy atom. The molecule has 2 spiro atoms. The van der Waals surface area contributed by atoms with Crippen LogP contribution in [0.2, 0.25) is 0 Å². The number of carbonyl (C=O) groups is 2. The normalized spacial score (nSPS) is 21.7. The Labute approximate surface area is 353 Å². The standard InChI is InChI=1S/2C20H20F2N2O2S2.2CH4/c2*1-11(2)17(25)19(26)24-20(8-3-4-16-14(20)7-9-27-16)28-18(23-24)13-10-12(21)5-6-15(13)22;;/h2*5-7,9-11,17,25H,3-4,8H2,1-2H3;2*1H4/t2*17-,20?;;/m10../s1. The number of fused-ring (bicyclic) bond motifs is 4. The molecule has 16 heteroatoms. The first-order chi connectivity index (χ1) is 26.7. The van der Waals surface area contributed by atoms with E-state index in [1.807, 2.05) is 22.9 Å². The number of thiophene rings is 2. The van der Waals surface area contributed by atoms with Gasteiger partial charge in [-0.3, -0.25) is 9.59 Å². The van der Waals surface area contributed by atoms with Crippen molar-refractivity contribution < 1.29 is 37.4 Å². The molecule has 0 bridgehead atoms. The average molecular weight is 877 g/mol. The number of carbonyl (C=O) groups excluding carboxylic acids is 2. The number of hydrogen-bond donors (Lipinski definition) is 2. The molecule has 2 N–H and O–H groups in total. The van der Waals surface area contributed by atoms with Crippen LogP contribution in [0.25, 0.3) is 0 Å². The first kappa shape index (κ1) is 45.5. The molecular weight excluding hydrogens is 829 g/mol. The summed E-state index contributed by atoms with van der Waals surface area (Å²) in [5.41, 5.74) is 1.99. The molecule has 4 aliphatic rings.